The van der Waals surface area contributed by atoms with Crippen LogP contribution in [0.3, 0.4) is 0 Å². The maximum atomic E-state index is 10.7. The third kappa shape index (κ3) is 4.89. The topological polar surface area (TPSA) is 23.5 Å². The Labute approximate surface area is 168 Å². The molecule has 1 aliphatic rings. The van der Waals surface area contributed by atoms with E-state index in [9.17, 15) is 5.11 Å². The molecule has 2 nitrogen and oxygen atoms in total. The number of rotatable bonds is 6. The summed E-state index contributed by atoms with van der Waals surface area (Å²) in [7, 11) is 0. The van der Waals surface area contributed by atoms with Crippen molar-refractivity contribution in [3.05, 3.63) is 108 Å². The van der Waals surface area contributed by atoms with Gasteiger partial charge in [-0.1, -0.05) is 91.0 Å². The fraction of sp³-hybridized carbons (Fsp3) is 0.308. The molecule has 3 aromatic rings. The second kappa shape index (κ2) is 9.18. The van der Waals surface area contributed by atoms with Gasteiger partial charge in [-0.05, 0) is 41.9 Å². The highest BCUT2D eigenvalue weighted by molar-refractivity contribution is 5.22. The Hall–Kier alpha value is -2.42. The van der Waals surface area contributed by atoms with Gasteiger partial charge >= 0.3 is 0 Å². The molecule has 28 heavy (non-hydrogen) atoms. The van der Waals surface area contributed by atoms with Crippen molar-refractivity contribution in [2.45, 2.75) is 50.4 Å². The van der Waals surface area contributed by atoms with Crippen LogP contribution in [0.1, 0.15) is 41.9 Å². The molecule has 0 aliphatic heterocycles. The van der Waals surface area contributed by atoms with Gasteiger partial charge in [0.1, 0.15) is 0 Å². The Bertz CT molecular complexity index is 793. The first kappa shape index (κ1) is 18.9. The lowest BCUT2D eigenvalue weighted by atomic mass is 9.79. The summed E-state index contributed by atoms with van der Waals surface area (Å²) in [6.07, 6.45) is 2.58. The minimum Gasteiger partial charge on any atom is -0.393 e. The molecular formula is C26H29NO. The van der Waals surface area contributed by atoms with Crippen LogP contribution in [0.25, 0.3) is 0 Å². The highest BCUT2D eigenvalue weighted by atomic mass is 16.3. The Kier molecular flexibility index (Phi) is 6.20. The van der Waals surface area contributed by atoms with Crippen molar-refractivity contribution in [3.8, 4) is 0 Å². The monoisotopic (exact) mass is 371 g/mol. The normalized spacial score (nSPS) is 22.3. The molecule has 1 fully saturated rings. The molecule has 0 spiro atoms. The summed E-state index contributed by atoms with van der Waals surface area (Å²) in [5.74, 6) is 0.420. The molecule has 0 bridgehead atoms. The van der Waals surface area contributed by atoms with Gasteiger partial charge in [0, 0.05) is 19.1 Å². The molecule has 4 rings (SSSR count). The summed E-state index contributed by atoms with van der Waals surface area (Å²) in [6.45, 7) is 1.82. The number of aliphatic hydroxyl groups excluding tert-OH is 1. The number of benzene rings is 3. The SMILES string of the molecule is OC1CC(c2ccccc2)CC(N(Cc2ccccc2)Cc2ccccc2)C1. The standard InChI is InChI=1S/C26H29NO/c28-26-17-24(23-14-8-3-9-15-23)16-25(18-26)27(19-21-10-4-1-5-11-21)20-22-12-6-2-7-13-22/h1-15,24-26,28H,16-20H2. The Morgan fingerprint density at radius 3 is 1.68 bits per heavy atom. The highest BCUT2D eigenvalue weighted by Crippen LogP contribution is 2.36. The summed E-state index contributed by atoms with van der Waals surface area (Å²) in [5.41, 5.74) is 4.01. The lowest BCUT2D eigenvalue weighted by Gasteiger charge is -2.40. The summed E-state index contributed by atoms with van der Waals surface area (Å²) < 4.78 is 0. The van der Waals surface area contributed by atoms with E-state index in [1.807, 2.05) is 0 Å². The van der Waals surface area contributed by atoms with Crippen molar-refractivity contribution < 1.29 is 5.11 Å². The zero-order valence-corrected chi connectivity index (χ0v) is 16.3. The first-order valence-electron chi connectivity index (χ1n) is 10.3. The summed E-state index contributed by atoms with van der Waals surface area (Å²) >= 11 is 0. The smallest absolute Gasteiger partial charge is 0.0561 e. The number of aliphatic hydroxyl groups is 1. The second-order valence-electron chi connectivity index (χ2n) is 8.00. The van der Waals surface area contributed by atoms with Gasteiger partial charge < -0.3 is 5.11 Å². The summed E-state index contributed by atoms with van der Waals surface area (Å²) in [4.78, 5) is 2.56. The lowest BCUT2D eigenvalue weighted by Crippen LogP contribution is -2.41. The molecule has 2 heteroatoms. The lowest BCUT2D eigenvalue weighted by molar-refractivity contribution is 0.0445. The zero-order valence-electron chi connectivity index (χ0n) is 16.3. The molecule has 3 aromatic carbocycles. The van der Waals surface area contributed by atoms with E-state index >= 15 is 0 Å². The third-order valence-corrected chi connectivity index (χ3v) is 5.90. The van der Waals surface area contributed by atoms with Gasteiger partial charge in [-0.25, -0.2) is 0 Å². The molecular weight excluding hydrogens is 342 g/mol. The molecule has 1 N–H and O–H groups in total. The first-order valence-corrected chi connectivity index (χ1v) is 10.3. The molecule has 1 saturated carbocycles. The maximum Gasteiger partial charge on any atom is 0.0561 e. The molecule has 1 aliphatic carbocycles. The van der Waals surface area contributed by atoms with Crippen LogP contribution in [-0.2, 0) is 13.1 Å². The van der Waals surface area contributed by atoms with Crippen LogP contribution in [0.15, 0.2) is 91.0 Å². The van der Waals surface area contributed by atoms with Crippen LogP contribution in [0.2, 0.25) is 0 Å². The van der Waals surface area contributed by atoms with E-state index in [0.717, 1.165) is 32.4 Å². The average Bonchev–Trinajstić information content (AvgIpc) is 2.75. The van der Waals surface area contributed by atoms with E-state index in [-0.39, 0.29) is 6.10 Å². The number of hydrogen-bond donors (Lipinski definition) is 1. The van der Waals surface area contributed by atoms with Crippen molar-refractivity contribution in [3.63, 3.8) is 0 Å². The first-order chi connectivity index (χ1) is 13.8. The van der Waals surface area contributed by atoms with Gasteiger partial charge in [0.25, 0.3) is 0 Å². The van der Waals surface area contributed by atoms with Crippen LogP contribution >= 0.6 is 0 Å². The van der Waals surface area contributed by atoms with E-state index in [2.05, 4.69) is 95.9 Å². The van der Waals surface area contributed by atoms with Crippen molar-refractivity contribution in [1.82, 2.24) is 4.90 Å². The second-order valence-corrected chi connectivity index (χ2v) is 8.00. The van der Waals surface area contributed by atoms with E-state index in [0.29, 0.717) is 12.0 Å². The van der Waals surface area contributed by atoms with Crippen LogP contribution in [0.5, 0.6) is 0 Å². The predicted molar refractivity (Wildman–Crippen MR) is 115 cm³/mol. The van der Waals surface area contributed by atoms with Gasteiger partial charge in [0.2, 0.25) is 0 Å². The van der Waals surface area contributed by atoms with Crippen molar-refractivity contribution in [1.29, 1.82) is 0 Å². The molecule has 0 saturated heterocycles. The molecule has 3 unspecified atom stereocenters. The summed E-state index contributed by atoms with van der Waals surface area (Å²) in [5, 5.41) is 10.7. The van der Waals surface area contributed by atoms with Crippen molar-refractivity contribution >= 4 is 0 Å². The van der Waals surface area contributed by atoms with E-state index in [4.69, 9.17) is 0 Å². The van der Waals surface area contributed by atoms with Gasteiger partial charge in [-0.3, -0.25) is 4.90 Å². The van der Waals surface area contributed by atoms with Crippen LogP contribution in [-0.4, -0.2) is 22.2 Å². The zero-order chi connectivity index (χ0) is 19.2. The minimum atomic E-state index is -0.238. The summed E-state index contributed by atoms with van der Waals surface area (Å²) in [6, 6.07) is 32.4. The number of hydrogen-bond acceptors (Lipinski definition) is 2. The van der Waals surface area contributed by atoms with E-state index in [1.165, 1.54) is 16.7 Å². The average molecular weight is 372 g/mol. The Morgan fingerprint density at radius 1 is 0.643 bits per heavy atom. The third-order valence-electron chi connectivity index (χ3n) is 5.90. The fourth-order valence-corrected chi connectivity index (χ4v) is 4.51. The molecule has 0 aromatic heterocycles. The van der Waals surface area contributed by atoms with Crippen LogP contribution in [0, 0.1) is 0 Å². The maximum absolute atomic E-state index is 10.7. The Balaban J connectivity index is 1.57. The molecule has 144 valence electrons. The van der Waals surface area contributed by atoms with E-state index in [1.54, 1.807) is 0 Å². The van der Waals surface area contributed by atoms with E-state index < -0.39 is 0 Å². The van der Waals surface area contributed by atoms with Crippen molar-refractivity contribution in [2.75, 3.05) is 0 Å². The highest BCUT2D eigenvalue weighted by Gasteiger charge is 2.32. The van der Waals surface area contributed by atoms with Gasteiger partial charge in [0.05, 0.1) is 6.10 Å². The molecule has 0 heterocycles. The molecule has 0 radical (unpaired) electrons. The van der Waals surface area contributed by atoms with Gasteiger partial charge in [-0.15, -0.1) is 0 Å². The minimum absolute atomic E-state index is 0.238. The fourth-order valence-electron chi connectivity index (χ4n) is 4.51. The largest absolute Gasteiger partial charge is 0.393 e. The quantitative estimate of drug-likeness (QED) is 0.628. The van der Waals surface area contributed by atoms with Crippen LogP contribution in [0.4, 0.5) is 0 Å². The Morgan fingerprint density at radius 2 is 1.14 bits per heavy atom. The number of nitrogens with zero attached hydrogens (tertiary/aromatic N) is 1. The van der Waals surface area contributed by atoms with Gasteiger partial charge in [-0.2, -0.15) is 0 Å². The van der Waals surface area contributed by atoms with Crippen molar-refractivity contribution in [2.24, 2.45) is 0 Å². The van der Waals surface area contributed by atoms with Gasteiger partial charge in [0.15, 0.2) is 0 Å². The molecule has 3 atom stereocenters. The molecule has 0 amide bonds. The van der Waals surface area contributed by atoms with Crippen LogP contribution < -0.4 is 0 Å². The predicted octanol–water partition coefficient (Wildman–Crippen LogP) is 5.39.